The second-order valence-corrected chi connectivity index (χ2v) is 6.42. The predicted molar refractivity (Wildman–Crippen MR) is 75.7 cm³/mol. The van der Waals surface area contributed by atoms with Crippen LogP contribution in [0.5, 0.6) is 0 Å². The molecule has 0 saturated carbocycles. The number of nitrogens with one attached hydrogen (secondary N) is 1. The molecule has 0 aromatic carbocycles. The summed E-state index contributed by atoms with van der Waals surface area (Å²) in [6.45, 7) is 5.52. The fourth-order valence-electron chi connectivity index (χ4n) is 2.03. The number of morpholine rings is 1. The summed E-state index contributed by atoms with van der Waals surface area (Å²) in [5.41, 5.74) is 5.44. The molecule has 1 aromatic heterocycles. The highest BCUT2D eigenvalue weighted by Crippen LogP contribution is 2.10. The number of nitrogens with zero attached hydrogens (tertiary/aromatic N) is 2. The first-order valence-corrected chi connectivity index (χ1v) is 8.04. The largest absolute Gasteiger partial charge is 0.384 e. The second kappa shape index (κ2) is 6.49. The molecule has 2 heterocycles. The van der Waals surface area contributed by atoms with Crippen LogP contribution in [0.25, 0.3) is 0 Å². The quantitative estimate of drug-likeness (QED) is 0.772. The van der Waals surface area contributed by atoms with Gasteiger partial charge in [0.05, 0.1) is 12.7 Å². The van der Waals surface area contributed by atoms with Gasteiger partial charge in [0.1, 0.15) is 10.7 Å². The third-order valence-corrected chi connectivity index (χ3v) is 4.65. The summed E-state index contributed by atoms with van der Waals surface area (Å²) in [6, 6.07) is 2.90. The molecule has 0 aliphatic carbocycles. The van der Waals surface area contributed by atoms with Gasteiger partial charge in [-0.3, -0.25) is 4.90 Å². The Morgan fingerprint density at radius 1 is 1.55 bits per heavy atom. The molecule has 0 bridgehead atoms. The summed E-state index contributed by atoms with van der Waals surface area (Å²) in [7, 11) is -3.57. The van der Waals surface area contributed by atoms with Crippen molar-refractivity contribution in [1.82, 2.24) is 14.6 Å². The lowest BCUT2D eigenvalue weighted by atomic mass is 10.3. The van der Waals surface area contributed by atoms with Gasteiger partial charge < -0.3 is 10.5 Å². The maximum atomic E-state index is 12.1. The summed E-state index contributed by atoms with van der Waals surface area (Å²) in [5.74, 6) is 0.290. The third-order valence-electron chi connectivity index (χ3n) is 3.24. The van der Waals surface area contributed by atoms with Crippen molar-refractivity contribution < 1.29 is 13.2 Å². The van der Waals surface area contributed by atoms with Crippen molar-refractivity contribution in [1.29, 1.82) is 0 Å². The molecule has 2 rings (SSSR count). The topological polar surface area (TPSA) is 97.5 Å². The average molecular weight is 300 g/mol. The highest BCUT2D eigenvalue weighted by atomic mass is 32.2. The maximum absolute atomic E-state index is 12.1. The zero-order chi connectivity index (χ0) is 14.6. The maximum Gasteiger partial charge on any atom is 0.242 e. The number of nitrogens with two attached hydrogens (primary N) is 1. The molecule has 1 aliphatic rings. The number of anilines is 1. The van der Waals surface area contributed by atoms with Gasteiger partial charge >= 0.3 is 0 Å². The predicted octanol–water partition coefficient (Wildman–Crippen LogP) is -0.337. The van der Waals surface area contributed by atoms with Gasteiger partial charge in [0.25, 0.3) is 0 Å². The summed E-state index contributed by atoms with van der Waals surface area (Å²) >= 11 is 0. The number of likely N-dealkylation sites (N-methyl/N-ethyl adjacent to an activating group) is 1. The van der Waals surface area contributed by atoms with Crippen molar-refractivity contribution in [2.45, 2.75) is 17.9 Å². The van der Waals surface area contributed by atoms with Crippen molar-refractivity contribution in [3.63, 3.8) is 0 Å². The molecule has 1 fully saturated rings. The third kappa shape index (κ3) is 3.89. The molecule has 1 saturated heterocycles. The number of hydrogen-bond acceptors (Lipinski definition) is 6. The lowest BCUT2D eigenvalue weighted by Crippen LogP contribution is -2.47. The van der Waals surface area contributed by atoms with Crippen LogP contribution in [0.15, 0.2) is 23.2 Å². The van der Waals surface area contributed by atoms with Crippen LogP contribution >= 0.6 is 0 Å². The second-order valence-electron chi connectivity index (χ2n) is 4.66. The molecular formula is C12H20N4O3S. The molecule has 0 radical (unpaired) electrons. The fourth-order valence-corrected chi connectivity index (χ4v) is 3.04. The van der Waals surface area contributed by atoms with Crippen molar-refractivity contribution in [3.05, 3.63) is 18.3 Å². The summed E-state index contributed by atoms with van der Waals surface area (Å²) < 4.78 is 32.3. The number of ether oxygens (including phenoxy) is 1. The van der Waals surface area contributed by atoms with Gasteiger partial charge in [-0.2, -0.15) is 0 Å². The molecule has 1 unspecified atom stereocenters. The van der Waals surface area contributed by atoms with Gasteiger partial charge in [0.15, 0.2) is 0 Å². The minimum atomic E-state index is -3.57. The van der Waals surface area contributed by atoms with Crippen molar-refractivity contribution in [3.8, 4) is 0 Å². The molecule has 7 nitrogen and oxygen atoms in total. The Balaban J connectivity index is 1.94. The van der Waals surface area contributed by atoms with Crippen LogP contribution in [0.3, 0.4) is 0 Å². The molecule has 1 atom stereocenters. The van der Waals surface area contributed by atoms with E-state index in [4.69, 9.17) is 10.5 Å². The SMILES string of the molecule is CCN1CCOC(CNS(=O)(=O)c2ccc(N)nc2)C1. The van der Waals surface area contributed by atoms with Gasteiger partial charge in [-0.25, -0.2) is 18.1 Å². The van der Waals surface area contributed by atoms with E-state index in [0.717, 1.165) is 19.6 Å². The number of rotatable bonds is 5. The van der Waals surface area contributed by atoms with Crippen LogP contribution in [0, 0.1) is 0 Å². The Hall–Kier alpha value is -1.22. The van der Waals surface area contributed by atoms with Crippen LogP contribution in [-0.2, 0) is 14.8 Å². The minimum absolute atomic E-state index is 0.106. The fraction of sp³-hybridized carbons (Fsp3) is 0.583. The molecule has 1 aromatic rings. The zero-order valence-electron chi connectivity index (χ0n) is 11.4. The summed E-state index contributed by atoms with van der Waals surface area (Å²) in [6.07, 6.45) is 1.12. The van der Waals surface area contributed by atoms with Gasteiger partial charge in [-0.1, -0.05) is 6.92 Å². The number of nitrogen functional groups attached to an aromatic ring is 1. The van der Waals surface area contributed by atoms with Crippen LogP contribution in [0.1, 0.15) is 6.92 Å². The molecule has 0 spiro atoms. The summed E-state index contributed by atoms with van der Waals surface area (Å²) in [4.78, 5) is 6.12. The van der Waals surface area contributed by atoms with E-state index in [0.29, 0.717) is 6.61 Å². The van der Waals surface area contributed by atoms with E-state index in [1.165, 1.54) is 18.3 Å². The van der Waals surface area contributed by atoms with Crippen molar-refractivity contribution >= 4 is 15.8 Å². The number of sulfonamides is 1. The van der Waals surface area contributed by atoms with E-state index in [2.05, 4.69) is 21.5 Å². The molecule has 112 valence electrons. The average Bonchev–Trinajstić information content (AvgIpc) is 2.46. The molecule has 3 N–H and O–H groups in total. The zero-order valence-corrected chi connectivity index (χ0v) is 12.3. The van der Waals surface area contributed by atoms with Crippen LogP contribution in [0.2, 0.25) is 0 Å². The Morgan fingerprint density at radius 2 is 2.35 bits per heavy atom. The first-order chi connectivity index (χ1) is 9.51. The monoisotopic (exact) mass is 300 g/mol. The number of aromatic nitrogens is 1. The molecule has 0 amide bonds. The first-order valence-electron chi connectivity index (χ1n) is 6.56. The van der Waals surface area contributed by atoms with Crippen LogP contribution < -0.4 is 10.5 Å². The first kappa shape index (κ1) is 15.2. The van der Waals surface area contributed by atoms with Crippen molar-refractivity contribution in [2.75, 3.05) is 38.5 Å². The molecule has 20 heavy (non-hydrogen) atoms. The van der Waals surface area contributed by atoms with Gasteiger partial charge in [0, 0.05) is 25.8 Å². The lowest BCUT2D eigenvalue weighted by molar-refractivity contribution is -0.0229. The van der Waals surface area contributed by atoms with Crippen LogP contribution in [0.4, 0.5) is 5.82 Å². The summed E-state index contributed by atoms with van der Waals surface area (Å²) in [5, 5.41) is 0. The minimum Gasteiger partial charge on any atom is -0.384 e. The van der Waals surface area contributed by atoms with E-state index in [1.807, 2.05) is 0 Å². The van der Waals surface area contributed by atoms with E-state index >= 15 is 0 Å². The highest BCUT2D eigenvalue weighted by Gasteiger charge is 2.22. The number of hydrogen-bond donors (Lipinski definition) is 2. The van der Waals surface area contributed by atoms with Crippen LogP contribution in [-0.4, -0.2) is 57.2 Å². The van der Waals surface area contributed by atoms with Gasteiger partial charge in [0.2, 0.25) is 10.0 Å². The Kier molecular flexibility index (Phi) is 4.92. The Morgan fingerprint density at radius 3 is 3.00 bits per heavy atom. The van der Waals surface area contributed by atoms with E-state index in [-0.39, 0.29) is 23.4 Å². The molecule has 8 heteroatoms. The van der Waals surface area contributed by atoms with E-state index in [1.54, 1.807) is 0 Å². The highest BCUT2D eigenvalue weighted by molar-refractivity contribution is 7.89. The van der Waals surface area contributed by atoms with Gasteiger partial charge in [-0.05, 0) is 18.7 Å². The van der Waals surface area contributed by atoms with E-state index in [9.17, 15) is 8.42 Å². The van der Waals surface area contributed by atoms with E-state index < -0.39 is 10.0 Å². The standard InChI is InChI=1S/C12H20N4O3S/c1-2-16-5-6-19-10(9-16)7-15-20(17,18)11-3-4-12(13)14-8-11/h3-4,8,10,15H,2,5-7,9H2,1H3,(H2,13,14). The van der Waals surface area contributed by atoms with Gasteiger partial charge in [-0.15, -0.1) is 0 Å². The Labute approximate surface area is 119 Å². The van der Waals surface area contributed by atoms with Crippen molar-refractivity contribution in [2.24, 2.45) is 0 Å². The number of pyridine rings is 1. The molecule has 1 aliphatic heterocycles. The molecular weight excluding hydrogens is 280 g/mol. The Bertz CT molecular complexity index is 532. The smallest absolute Gasteiger partial charge is 0.242 e. The lowest BCUT2D eigenvalue weighted by Gasteiger charge is -2.32. The normalized spacial score (nSPS) is 20.9.